The molecule has 4 rings (SSSR count). The van der Waals surface area contributed by atoms with E-state index in [4.69, 9.17) is 0 Å². The average Bonchev–Trinajstić information content (AvgIpc) is 2.84. The van der Waals surface area contributed by atoms with Gasteiger partial charge in [0.1, 0.15) is 0 Å². The first-order valence-electron chi connectivity index (χ1n) is 10.8. The molecule has 0 unspecified atom stereocenters. The summed E-state index contributed by atoms with van der Waals surface area (Å²) in [4.78, 5) is 0. The third-order valence-electron chi connectivity index (χ3n) is 5.20. The van der Waals surface area contributed by atoms with E-state index in [0.717, 1.165) is 19.5 Å². The summed E-state index contributed by atoms with van der Waals surface area (Å²) in [5, 5.41) is 0. The van der Waals surface area contributed by atoms with Gasteiger partial charge in [-0.15, -0.1) is 0 Å². The van der Waals surface area contributed by atoms with Crippen LogP contribution < -0.4 is 9.13 Å². The Morgan fingerprint density at radius 2 is 0.742 bits per heavy atom. The highest BCUT2D eigenvalue weighted by Crippen LogP contribution is 2.07. The predicted molar refractivity (Wildman–Crippen MR) is 129 cm³/mol. The Labute approximate surface area is 185 Å². The number of hydrogen-bond acceptors (Lipinski definition) is 0. The zero-order valence-corrected chi connectivity index (χ0v) is 17.7. The fourth-order valence-electron chi connectivity index (χ4n) is 3.41. The maximum Gasteiger partial charge on any atom is 0.169 e. The van der Waals surface area contributed by atoms with Gasteiger partial charge in [0.05, 0.1) is 6.42 Å². The van der Waals surface area contributed by atoms with Crippen LogP contribution in [0.5, 0.6) is 0 Å². The van der Waals surface area contributed by atoms with E-state index in [9.17, 15) is 0 Å². The summed E-state index contributed by atoms with van der Waals surface area (Å²) in [7, 11) is 0. The molecule has 0 N–H and O–H groups in total. The molecule has 2 nitrogen and oxygen atoms in total. The number of aryl methyl sites for hydroxylation is 2. The number of aromatic nitrogens is 2. The fraction of sp³-hybridized carbons (Fsp3) is 0.103. The lowest BCUT2D eigenvalue weighted by Gasteiger charge is -1.99. The Morgan fingerprint density at radius 1 is 0.419 bits per heavy atom. The van der Waals surface area contributed by atoms with Gasteiger partial charge in [-0.1, -0.05) is 85.0 Å². The van der Waals surface area contributed by atoms with E-state index in [1.807, 2.05) is 12.1 Å². The number of rotatable bonds is 8. The molecule has 0 saturated heterocycles. The van der Waals surface area contributed by atoms with Gasteiger partial charge in [-0.3, -0.25) is 0 Å². The zero-order valence-electron chi connectivity index (χ0n) is 17.7. The highest BCUT2D eigenvalue weighted by molar-refractivity contribution is 5.69. The molecule has 0 aliphatic rings. The van der Waals surface area contributed by atoms with E-state index in [0.29, 0.717) is 0 Å². The van der Waals surface area contributed by atoms with Crippen LogP contribution in [0.4, 0.5) is 0 Å². The van der Waals surface area contributed by atoms with Gasteiger partial charge < -0.3 is 0 Å². The summed E-state index contributed by atoms with van der Waals surface area (Å²) in [6, 6.07) is 29.5. The van der Waals surface area contributed by atoms with Crippen LogP contribution in [-0.2, 0) is 13.1 Å². The lowest BCUT2D eigenvalue weighted by molar-refractivity contribution is -0.726. The van der Waals surface area contributed by atoms with Gasteiger partial charge in [-0.05, 0) is 22.3 Å². The summed E-state index contributed by atoms with van der Waals surface area (Å²) in [6.45, 7) is 2.01. The summed E-state index contributed by atoms with van der Waals surface area (Å²) in [5.41, 5.74) is 4.87. The lowest BCUT2D eigenvalue weighted by atomic mass is 10.1. The third kappa shape index (κ3) is 6.61. The van der Waals surface area contributed by atoms with Crippen molar-refractivity contribution in [3.63, 3.8) is 0 Å². The highest BCUT2D eigenvalue weighted by atomic mass is 15.0. The molecule has 4 aromatic rings. The first-order valence-corrected chi connectivity index (χ1v) is 10.8. The number of benzene rings is 2. The predicted octanol–water partition coefficient (Wildman–Crippen LogP) is 5.69. The van der Waals surface area contributed by atoms with Gasteiger partial charge >= 0.3 is 0 Å². The van der Waals surface area contributed by atoms with E-state index in [-0.39, 0.29) is 0 Å². The smallest absolute Gasteiger partial charge is 0.169 e. The molecule has 2 aromatic carbocycles. The van der Waals surface area contributed by atoms with Gasteiger partial charge in [0.25, 0.3) is 0 Å². The van der Waals surface area contributed by atoms with E-state index < -0.39 is 0 Å². The molecule has 0 amide bonds. The molecule has 0 fully saturated rings. The van der Waals surface area contributed by atoms with E-state index >= 15 is 0 Å². The zero-order chi connectivity index (χ0) is 21.1. The van der Waals surface area contributed by atoms with Gasteiger partial charge in [0.2, 0.25) is 0 Å². The van der Waals surface area contributed by atoms with Crippen LogP contribution in [0.15, 0.2) is 110 Å². The topological polar surface area (TPSA) is 7.76 Å². The molecule has 0 radical (unpaired) electrons. The second-order valence-corrected chi connectivity index (χ2v) is 7.58. The Kier molecular flexibility index (Phi) is 7.17. The molecule has 0 aliphatic carbocycles. The molecule has 2 heterocycles. The molecule has 0 atom stereocenters. The number of nitrogens with zero attached hydrogens (tertiary/aromatic N) is 2. The van der Waals surface area contributed by atoms with Crippen molar-refractivity contribution in [2.45, 2.75) is 19.5 Å². The quantitative estimate of drug-likeness (QED) is 0.333. The van der Waals surface area contributed by atoms with Crippen molar-refractivity contribution >= 4 is 24.3 Å². The minimum Gasteiger partial charge on any atom is -0.205 e. The Morgan fingerprint density at radius 3 is 1.10 bits per heavy atom. The van der Waals surface area contributed by atoms with Crippen molar-refractivity contribution in [1.29, 1.82) is 0 Å². The monoisotopic (exact) mass is 404 g/mol. The molecule has 0 saturated carbocycles. The van der Waals surface area contributed by atoms with Crippen LogP contribution in [0.3, 0.4) is 0 Å². The number of pyridine rings is 2. The van der Waals surface area contributed by atoms with Crippen LogP contribution in [0.1, 0.15) is 28.7 Å². The molecule has 2 heteroatoms. The van der Waals surface area contributed by atoms with Crippen LogP contribution in [0.2, 0.25) is 0 Å². The third-order valence-corrected chi connectivity index (χ3v) is 5.20. The second kappa shape index (κ2) is 10.8. The molecular weight excluding hydrogens is 376 g/mol. The van der Waals surface area contributed by atoms with Gasteiger partial charge in [-0.2, -0.15) is 0 Å². The summed E-state index contributed by atoms with van der Waals surface area (Å²) in [5.74, 6) is 0. The molecule has 152 valence electrons. The van der Waals surface area contributed by atoms with Crippen molar-refractivity contribution in [2.75, 3.05) is 0 Å². The molecular formula is C29H28N2+2. The van der Waals surface area contributed by atoms with Gasteiger partial charge in [0.15, 0.2) is 37.9 Å². The van der Waals surface area contributed by atoms with Gasteiger partial charge in [-0.25, -0.2) is 9.13 Å². The first kappa shape index (κ1) is 20.5. The van der Waals surface area contributed by atoms with Crippen LogP contribution >= 0.6 is 0 Å². The molecule has 2 aromatic heterocycles. The Hall–Kier alpha value is -3.78. The second-order valence-electron chi connectivity index (χ2n) is 7.58. The Balaban J connectivity index is 1.24. The summed E-state index contributed by atoms with van der Waals surface area (Å²) in [6.07, 6.45) is 18.3. The van der Waals surface area contributed by atoms with Crippen molar-refractivity contribution in [3.8, 4) is 0 Å². The van der Waals surface area contributed by atoms with Crippen molar-refractivity contribution in [2.24, 2.45) is 0 Å². The minimum atomic E-state index is 1.01. The largest absolute Gasteiger partial charge is 0.205 e. The van der Waals surface area contributed by atoms with Crippen molar-refractivity contribution in [1.82, 2.24) is 0 Å². The van der Waals surface area contributed by atoms with Crippen LogP contribution in [-0.4, -0.2) is 0 Å². The van der Waals surface area contributed by atoms with Crippen LogP contribution in [0, 0.1) is 0 Å². The van der Waals surface area contributed by atoms with E-state index in [2.05, 4.69) is 131 Å². The lowest BCUT2D eigenvalue weighted by Crippen LogP contribution is -2.38. The maximum absolute atomic E-state index is 2.25. The minimum absolute atomic E-state index is 1.01. The van der Waals surface area contributed by atoms with Gasteiger partial charge in [0, 0.05) is 24.3 Å². The SMILES string of the molecule is C(=C\c1cc[n+](CCC[n+]2ccc(/C=C/c3ccccc3)cc2)cc1)/c1ccccc1. The van der Waals surface area contributed by atoms with Crippen molar-refractivity contribution in [3.05, 3.63) is 132 Å². The molecule has 0 spiro atoms. The molecule has 0 bridgehead atoms. The maximum atomic E-state index is 2.25. The summed E-state index contributed by atoms with van der Waals surface area (Å²) >= 11 is 0. The fourth-order valence-corrected chi connectivity index (χ4v) is 3.41. The first-order chi connectivity index (χ1) is 15.3. The molecule has 0 aliphatic heterocycles. The van der Waals surface area contributed by atoms with Crippen molar-refractivity contribution < 1.29 is 9.13 Å². The normalized spacial score (nSPS) is 11.4. The standard InChI is InChI=1S/C29H28N2/c1-3-8-26(9-4-1)12-14-28-16-22-30(23-17-28)20-7-21-31-24-18-29(19-25-31)15-13-27-10-5-2-6-11-27/h1-6,8-19,22-25H,7,20-21H2/q+2/b14-12+,15-13+. The average molecular weight is 405 g/mol. The highest BCUT2D eigenvalue weighted by Gasteiger charge is 2.04. The van der Waals surface area contributed by atoms with Crippen LogP contribution in [0.25, 0.3) is 24.3 Å². The number of hydrogen-bond donors (Lipinski definition) is 0. The van der Waals surface area contributed by atoms with E-state index in [1.54, 1.807) is 0 Å². The molecule has 31 heavy (non-hydrogen) atoms. The Bertz CT molecular complexity index is 1020. The van der Waals surface area contributed by atoms with E-state index in [1.165, 1.54) is 22.3 Å². The summed E-state index contributed by atoms with van der Waals surface area (Å²) < 4.78 is 4.49.